The van der Waals surface area contributed by atoms with Gasteiger partial charge in [-0.3, -0.25) is 4.68 Å². The van der Waals surface area contributed by atoms with E-state index in [-0.39, 0.29) is 0 Å². The van der Waals surface area contributed by atoms with E-state index in [2.05, 4.69) is 35.4 Å². The maximum Gasteiger partial charge on any atom is 0.0998 e. The summed E-state index contributed by atoms with van der Waals surface area (Å²) >= 11 is 0. The monoisotopic (exact) mass is 342 g/mol. The largest absolute Gasteiger partial charge is 0.301 e. The average Bonchev–Trinajstić information content (AvgIpc) is 3.38. The van der Waals surface area contributed by atoms with Crippen molar-refractivity contribution < 1.29 is 0 Å². The van der Waals surface area contributed by atoms with Crippen molar-refractivity contribution in [2.75, 3.05) is 19.6 Å². The molecule has 3 aromatic rings. The third kappa shape index (κ3) is 3.54. The van der Waals surface area contributed by atoms with Gasteiger partial charge < -0.3 is 4.90 Å². The molecule has 1 aromatic heterocycles. The third-order valence-electron chi connectivity index (χ3n) is 5.00. The van der Waals surface area contributed by atoms with Gasteiger partial charge in [0.25, 0.3) is 0 Å². The average molecular weight is 342 g/mol. The van der Waals surface area contributed by atoms with E-state index in [1.54, 1.807) is 0 Å². The normalized spacial score (nSPS) is 14.4. The van der Waals surface area contributed by atoms with Crippen LogP contribution in [0.4, 0.5) is 0 Å². The van der Waals surface area contributed by atoms with Crippen LogP contribution < -0.4 is 0 Å². The first kappa shape index (κ1) is 16.6. The van der Waals surface area contributed by atoms with Crippen molar-refractivity contribution >= 4 is 0 Å². The zero-order valence-electron chi connectivity index (χ0n) is 14.8. The molecule has 4 rings (SSSR count). The van der Waals surface area contributed by atoms with E-state index in [0.29, 0.717) is 5.56 Å². The van der Waals surface area contributed by atoms with Crippen molar-refractivity contribution in [3.8, 4) is 28.5 Å². The van der Waals surface area contributed by atoms with E-state index in [9.17, 15) is 5.26 Å². The molecule has 0 N–H and O–H groups in total. The fourth-order valence-electron chi connectivity index (χ4n) is 3.57. The highest BCUT2D eigenvalue weighted by atomic mass is 15.3. The SMILES string of the molecule is N#Cc1ccccc1-c1cccc(-c2ccn(CCN3CCCC3)n2)c1. The van der Waals surface area contributed by atoms with Crippen LogP contribution in [0.1, 0.15) is 18.4 Å². The lowest BCUT2D eigenvalue weighted by Gasteiger charge is -2.13. The van der Waals surface area contributed by atoms with Gasteiger partial charge >= 0.3 is 0 Å². The molecule has 2 heterocycles. The second-order valence-electron chi connectivity index (χ2n) is 6.75. The predicted molar refractivity (Wildman–Crippen MR) is 103 cm³/mol. The number of rotatable bonds is 5. The van der Waals surface area contributed by atoms with E-state index in [0.717, 1.165) is 35.5 Å². The molecule has 0 bridgehead atoms. The van der Waals surface area contributed by atoms with Crippen molar-refractivity contribution in [3.05, 3.63) is 66.4 Å². The number of nitrogens with zero attached hydrogens (tertiary/aromatic N) is 4. The van der Waals surface area contributed by atoms with Crippen molar-refractivity contribution in [2.24, 2.45) is 0 Å². The molecular weight excluding hydrogens is 320 g/mol. The van der Waals surface area contributed by atoms with Crippen LogP contribution in [0.5, 0.6) is 0 Å². The molecule has 0 radical (unpaired) electrons. The molecule has 130 valence electrons. The summed E-state index contributed by atoms with van der Waals surface area (Å²) in [7, 11) is 0. The molecule has 0 unspecified atom stereocenters. The molecule has 26 heavy (non-hydrogen) atoms. The van der Waals surface area contributed by atoms with Gasteiger partial charge in [-0.05, 0) is 55.3 Å². The van der Waals surface area contributed by atoms with Gasteiger partial charge in [0, 0.05) is 18.3 Å². The number of nitriles is 1. The molecule has 0 spiro atoms. The molecule has 1 aliphatic heterocycles. The van der Waals surface area contributed by atoms with Crippen LogP contribution in [0.15, 0.2) is 60.8 Å². The van der Waals surface area contributed by atoms with Crippen LogP contribution in [0.25, 0.3) is 22.4 Å². The molecule has 4 nitrogen and oxygen atoms in total. The highest BCUT2D eigenvalue weighted by molar-refractivity contribution is 5.75. The maximum absolute atomic E-state index is 9.35. The van der Waals surface area contributed by atoms with E-state index < -0.39 is 0 Å². The summed E-state index contributed by atoms with van der Waals surface area (Å²) in [5, 5.41) is 14.1. The Balaban J connectivity index is 1.54. The lowest BCUT2D eigenvalue weighted by molar-refractivity contribution is 0.316. The minimum Gasteiger partial charge on any atom is -0.301 e. The second kappa shape index (κ2) is 7.55. The van der Waals surface area contributed by atoms with Gasteiger partial charge in [0.05, 0.1) is 23.9 Å². The van der Waals surface area contributed by atoms with Gasteiger partial charge in [0.2, 0.25) is 0 Å². The molecule has 0 aliphatic carbocycles. The summed E-state index contributed by atoms with van der Waals surface area (Å²) in [6.45, 7) is 4.43. The maximum atomic E-state index is 9.35. The Morgan fingerprint density at radius 1 is 0.923 bits per heavy atom. The summed E-state index contributed by atoms with van der Waals surface area (Å²) in [4.78, 5) is 2.50. The van der Waals surface area contributed by atoms with Gasteiger partial charge in [-0.1, -0.05) is 36.4 Å². The molecular formula is C22H22N4. The fraction of sp³-hybridized carbons (Fsp3) is 0.273. The lowest BCUT2D eigenvalue weighted by Crippen LogP contribution is -2.24. The van der Waals surface area contributed by atoms with E-state index in [1.807, 2.05) is 41.1 Å². The van der Waals surface area contributed by atoms with E-state index in [1.165, 1.54) is 25.9 Å². The van der Waals surface area contributed by atoms with Crippen LogP contribution in [-0.4, -0.2) is 34.3 Å². The first-order valence-electron chi connectivity index (χ1n) is 9.19. The molecule has 2 aromatic carbocycles. The Morgan fingerprint density at radius 2 is 1.73 bits per heavy atom. The number of likely N-dealkylation sites (tertiary alicyclic amines) is 1. The highest BCUT2D eigenvalue weighted by Crippen LogP contribution is 2.27. The van der Waals surface area contributed by atoms with Crippen molar-refractivity contribution in [2.45, 2.75) is 19.4 Å². The minimum absolute atomic E-state index is 0.695. The van der Waals surface area contributed by atoms with Crippen molar-refractivity contribution in [1.29, 1.82) is 5.26 Å². The summed E-state index contributed by atoms with van der Waals surface area (Å²) in [5.74, 6) is 0. The zero-order valence-corrected chi connectivity index (χ0v) is 14.8. The number of hydrogen-bond donors (Lipinski definition) is 0. The van der Waals surface area contributed by atoms with Crippen molar-refractivity contribution in [3.63, 3.8) is 0 Å². The first-order chi connectivity index (χ1) is 12.8. The standard InChI is InChI=1S/C22H22N4/c23-17-20-6-1-2-9-21(20)18-7-5-8-19(16-18)22-10-13-26(24-22)15-14-25-11-3-4-12-25/h1-2,5-10,13,16H,3-4,11-12,14-15H2. The van der Waals surface area contributed by atoms with Gasteiger partial charge in [0.15, 0.2) is 0 Å². The van der Waals surface area contributed by atoms with Gasteiger partial charge in [-0.15, -0.1) is 0 Å². The van der Waals surface area contributed by atoms with Crippen molar-refractivity contribution in [1.82, 2.24) is 14.7 Å². The fourth-order valence-corrected chi connectivity index (χ4v) is 3.57. The van der Waals surface area contributed by atoms with Gasteiger partial charge in [-0.25, -0.2) is 0 Å². The Kier molecular flexibility index (Phi) is 4.81. The second-order valence-corrected chi connectivity index (χ2v) is 6.75. The molecule has 0 atom stereocenters. The summed E-state index contributed by atoms with van der Waals surface area (Å²) in [6, 6.07) is 20.3. The molecule has 0 amide bonds. The van der Waals surface area contributed by atoms with Crippen LogP contribution in [0, 0.1) is 11.3 Å². The minimum atomic E-state index is 0.695. The molecule has 1 saturated heterocycles. The van der Waals surface area contributed by atoms with Gasteiger partial charge in [-0.2, -0.15) is 10.4 Å². The van der Waals surface area contributed by atoms with Gasteiger partial charge in [0.1, 0.15) is 0 Å². The Bertz CT molecular complexity index is 929. The highest BCUT2D eigenvalue weighted by Gasteiger charge is 2.12. The summed E-state index contributed by atoms with van der Waals surface area (Å²) in [6.07, 6.45) is 4.70. The van der Waals surface area contributed by atoms with Crippen LogP contribution in [-0.2, 0) is 6.54 Å². The number of aromatic nitrogens is 2. The predicted octanol–water partition coefficient (Wildman–Crippen LogP) is 4.18. The first-order valence-corrected chi connectivity index (χ1v) is 9.19. The third-order valence-corrected chi connectivity index (χ3v) is 5.00. The smallest absolute Gasteiger partial charge is 0.0998 e. The number of benzene rings is 2. The molecule has 0 saturated carbocycles. The van der Waals surface area contributed by atoms with Crippen LogP contribution in [0.3, 0.4) is 0 Å². The molecule has 4 heteroatoms. The van der Waals surface area contributed by atoms with Crippen LogP contribution >= 0.6 is 0 Å². The summed E-state index contributed by atoms with van der Waals surface area (Å²) < 4.78 is 2.03. The lowest BCUT2D eigenvalue weighted by atomic mass is 9.98. The zero-order chi connectivity index (χ0) is 17.8. The molecule has 1 aliphatic rings. The Hall–Kier alpha value is -2.90. The molecule has 1 fully saturated rings. The van der Waals surface area contributed by atoms with E-state index >= 15 is 0 Å². The summed E-state index contributed by atoms with van der Waals surface area (Å²) in [5.41, 5.74) is 4.76. The number of hydrogen-bond acceptors (Lipinski definition) is 3. The van der Waals surface area contributed by atoms with Crippen LogP contribution in [0.2, 0.25) is 0 Å². The Labute approximate surface area is 154 Å². The van der Waals surface area contributed by atoms with E-state index in [4.69, 9.17) is 5.10 Å². The topological polar surface area (TPSA) is 44.9 Å². The quantitative estimate of drug-likeness (QED) is 0.698. The Morgan fingerprint density at radius 3 is 2.58 bits per heavy atom.